The van der Waals surface area contributed by atoms with Gasteiger partial charge in [-0.05, 0) is 41.0 Å². The van der Waals surface area contributed by atoms with Crippen LogP contribution in [0.5, 0.6) is 5.75 Å². The smallest absolute Gasteiger partial charge is 0.240 e. The van der Waals surface area contributed by atoms with Gasteiger partial charge in [0.25, 0.3) is 0 Å². The first kappa shape index (κ1) is 19.4. The molecule has 0 aromatic heterocycles. The Morgan fingerprint density at radius 1 is 1.00 bits per heavy atom. The minimum atomic E-state index is -0.748. The summed E-state index contributed by atoms with van der Waals surface area (Å²) in [6.07, 6.45) is 0.367. The van der Waals surface area contributed by atoms with Gasteiger partial charge in [-0.15, -0.1) is 0 Å². The van der Waals surface area contributed by atoms with E-state index in [0.29, 0.717) is 6.42 Å². The number of amides is 2. The lowest BCUT2D eigenvalue weighted by molar-refractivity contribution is -0.128. The van der Waals surface area contributed by atoms with E-state index in [1.807, 2.05) is 73.7 Å². The van der Waals surface area contributed by atoms with Gasteiger partial charge in [0.1, 0.15) is 11.8 Å². The van der Waals surface area contributed by atoms with Crippen LogP contribution in [0.2, 0.25) is 0 Å². The highest BCUT2D eigenvalue weighted by Crippen LogP contribution is 2.25. The molecule has 28 heavy (non-hydrogen) atoms. The minimum Gasteiger partial charge on any atom is -0.497 e. The molecule has 0 aliphatic heterocycles. The number of hydrogen-bond acceptors (Lipinski definition) is 3. The summed E-state index contributed by atoms with van der Waals surface area (Å²) in [6.45, 7) is 1.82. The fourth-order valence-electron chi connectivity index (χ4n) is 3.16. The summed E-state index contributed by atoms with van der Waals surface area (Å²) in [5.74, 6) is -0.400. The number of carbonyl (C=O) groups is 2. The van der Waals surface area contributed by atoms with Crippen LogP contribution in [-0.4, -0.2) is 25.0 Å². The molecule has 0 radical (unpaired) electrons. The Hall–Kier alpha value is -3.34. The Bertz CT molecular complexity index is 986. The number of rotatable bonds is 7. The number of benzene rings is 3. The zero-order valence-electron chi connectivity index (χ0n) is 16.0. The molecule has 5 heteroatoms. The van der Waals surface area contributed by atoms with E-state index in [4.69, 9.17) is 10.5 Å². The van der Waals surface area contributed by atoms with E-state index in [1.54, 1.807) is 7.11 Å². The van der Waals surface area contributed by atoms with Gasteiger partial charge < -0.3 is 15.8 Å². The van der Waals surface area contributed by atoms with Gasteiger partial charge in [0.2, 0.25) is 11.8 Å². The minimum absolute atomic E-state index is 0.229. The van der Waals surface area contributed by atoms with Crippen molar-refractivity contribution < 1.29 is 14.3 Å². The second-order valence-corrected chi connectivity index (χ2v) is 6.85. The molecule has 0 spiro atoms. The summed E-state index contributed by atoms with van der Waals surface area (Å²) in [7, 11) is 1.63. The lowest BCUT2D eigenvalue weighted by Gasteiger charge is -2.19. The van der Waals surface area contributed by atoms with Gasteiger partial charge in [-0.2, -0.15) is 0 Å². The van der Waals surface area contributed by atoms with Gasteiger partial charge in [0.05, 0.1) is 13.0 Å². The van der Waals surface area contributed by atoms with Gasteiger partial charge in [-0.25, -0.2) is 0 Å². The van der Waals surface area contributed by atoms with Crippen molar-refractivity contribution >= 4 is 22.6 Å². The zero-order chi connectivity index (χ0) is 20.1. The molecule has 0 bridgehead atoms. The third-order valence-corrected chi connectivity index (χ3v) is 4.91. The quantitative estimate of drug-likeness (QED) is 0.665. The predicted molar refractivity (Wildman–Crippen MR) is 110 cm³/mol. The van der Waals surface area contributed by atoms with Crippen molar-refractivity contribution in [1.82, 2.24) is 5.32 Å². The lowest BCUT2D eigenvalue weighted by atomic mass is 9.96. The number of methoxy groups -OCH3 is 1. The Labute approximate surface area is 164 Å². The molecule has 0 heterocycles. The van der Waals surface area contributed by atoms with Crippen LogP contribution >= 0.6 is 0 Å². The van der Waals surface area contributed by atoms with Crippen molar-refractivity contribution in [3.63, 3.8) is 0 Å². The van der Waals surface area contributed by atoms with Crippen LogP contribution in [0, 0.1) is 0 Å². The van der Waals surface area contributed by atoms with E-state index >= 15 is 0 Å². The van der Waals surface area contributed by atoms with Crippen molar-refractivity contribution in [2.24, 2.45) is 5.73 Å². The number of ether oxygens (including phenoxy) is 1. The van der Waals surface area contributed by atoms with E-state index in [9.17, 15) is 9.59 Å². The molecule has 3 N–H and O–H groups in total. The van der Waals surface area contributed by atoms with E-state index in [2.05, 4.69) is 5.32 Å². The number of nitrogens with two attached hydrogens (primary N) is 1. The SMILES string of the molecule is COc1ccc2cc(C(C)C(=O)NC(Cc3ccccc3)C(N)=O)ccc2c1. The molecule has 2 amide bonds. The molecule has 0 saturated heterocycles. The number of carbonyl (C=O) groups excluding carboxylic acids is 2. The van der Waals surface area contributed by atoms with Crippen LogP contribution in [0.3, 0.4) is 0 Å². The normalized spacial score (nSPS) is 12.9. The molecule has 144 valence electrons. The third kappa shape index (κ3) is 4.49. The molecule has 5 nitrogen and oxygen atoms in total. The van der Waals surface area contributed by atoms with E-state index in [0.717, 1.165) is 27.6 Å². The summed E-state index contributed by atoms with van der Waals surface area (Å²) < 4.78 is 5.25. The Balaban J connectivity index is 1.75. The Morgan fingerprint density at radius 2 is 1.68 bits per heavy atom. The maximum Gasteiger partial charge on any atom is 0.240 e. The predicted octanol–water partition coefficient (Wildman–Crippen LogP) is 3.16. The molecule has 3 rings (SSSR count). The zero-order valence-corrected chi connectivity index (χ0v) is 16.0. The summed E-state index contributed by atoms with van der Waals surface area (Å²) in [5, 5.41) is 4.85. The fraction of sp³-hybridized carbons (Fsp3) is 0.217. The van der Waals surface area contributed by atoms with Crippen LogP contribution in [0.25, 0.3) is 10.8 Å². The summed E-state index contributed by atoms with van der Waals surface area (Å²) in [5.41, 5.74) is 7.32. The monoisotopic (exact) mass is 376 g/mol. The largest absolute Gasteiger partial charge is 0.497 e. The first-order chi connectivity index (χ1) is 13.5. The topological polar surface area (TPSA) is 81.4 Å². The van der Waals surface area contributed by atoms with Crippen molar-refractivity contribution in [1.29, 1.82) is 0 Å². The van der Waals surface area contributed by atoms with Gasteiger partial charge in [0.15, 0.2) is 0 Å². The van der Waals surface area contributed by atoms with Crippen LogP contribution in [0.1, 0.15) is 24.0 Å². The van der Waals surface area contributed by atoms with Crippen LogP contribution in [0.4, 0.5) is 0 Å². The summed E-state index contributed by atoms with van der Waals surface area (Å²) in [6, 6.07) is 20.4. The lowest BCUT2D eigenvalue weighted by Crippen LogP contribution is -2.47. The van der Waals surface area contributed by atoms with E-state index in [1.165, 1.54) is 0 Å². The van der Waals surface area contributed by atoms with Gasteiger partial charge in [-0.1, -0.05) is 54.6 Å². The first-order valence-electron chi connectivity index (χ1n) is 9.19. The fourth-order valence-corrected chi connectivity index (χ4v) is 3.16. The van der Waals surface area contributed by atoms with Crippen LogP contribution in [-0.2, 0) is 16.0 Å². The number of fused-ring (bicyclic) bond motifs is 1. The summed E-state index contributed by atoms with van der Waals surface area (Å²) >= 11 is 0. The van der Waals surface area contributed by atoms with Crippen LogP contribution in [0.15, 0.2) is 66.7 Å². The molecule has 2 unspecified atom stereocenters. The van der Waals surface area contributed by atoms with Crippen molar-refractivity contribution in [2.75, 3.05) is 7.11 Å². The van der Waals surface area contributed by atoms with Gasteiger partial charge in [0, 0.05) is 6.42 Å². The number of hydrogen-bond donors (Lipinski definition) is 2. The second-order valence-electron chi connectivity index (χ2n) is 6.85. The van der Waals surface area contributed by atoms with Crippen LogP contribution < -0.4 is 15.8 Å². The average molecular weight is 376 g/mol. The molecule has 2 atom stereocenters. The summed E-state index contributed by atoms with van der Waals surface area (Å²) in [4.78, 5) is 24.6. The Morgan fingerprint density at radius 3 is 2.36 bits per heavy atom. The third-order valence-electron chi connectivity index (χ3n) is 4.91. The van der Waals surface area contributed by atoms with Gasteiger partial charge in [-0.3, -0.25) is 9.59 Å². The molecule has 0 fully saturated rings. The molecule has 0 aliphatic rings. The highest BCUT2D eigenvalue weighted by atomic mass is 16.5. The van der Waals surface area contributed by atoms with E-state index in [-0.39, 0.29) is 5.91 Å². The highest BCUT2D eigenvalue weighted by molar-refractivity contribution is 5.91. The van der Waals surface area contributed by atoms with E-state index < -0.39 is 17.9 Å². The second kappa shape index (κ2) is 8.57. The molecule has 0 aliphatic carbocycles. The molecule has 3 aromatic carbocycles. The maximum absolute atomic E-state index is 12.7. The molecule has 0 saturated carbocycles. The van der Waals surface area contributed by atoms with Gasteiger partial charge >= 0.3 is 0 Å². The number of nitrogens with one attached hydrogen (secondary N) is 1. The van der Waals surface area contributed by atoms with Crippen molar-refractivity contribution in [3.05, 3.63) is 77.9 Å². The van der Waals surface area contributed by atoms with Crippen molar-refractivity contribution in [2.45, 2.75) is 25.3 Å². The van der Waals surface area contributed by atoms with Crippen molar-refractivity contribution in [3.8, 4) is 5.75 Å². The highest BCUT2D eigenvalue weighted by Gasteiger charge is 2.23. The standard InChI is InChI=1S/C23H24N2O3/c1-15(17-8-9-19-14-20(28-2)11-10-18(19)13-17)23(27)25-21(22(24)26)12-16-6-4-3-5-7-16/h3-11,13-15,21H,12H2,1-2H3,(H2,24,26)(H,25,27). The first-order valence-corrected chi connectivity index (χ1v) is 9.19. The number of primary amides is 1. The maximum atomic E-state index is 12.7. The molecular formula is C23H24N2O3. The molecular weight excluding hydrogens is 352 g/mol. The average Bonchev–Trinajstić information content (AvgIpc) is 2.72. The molecule has 3 aromatic rings. The Kier molecular flexibility index (Phi) is 5.94.